The van der Waals surface area contributed by atoms with Crippen molar-refractivity contribution >= 4 is 21.6 Å². The van der Waals surface area contributed by atoms with Gasteiger partial charge in [-0.2, -0.15) is 0 Å². The number of hydrogen-bond acceptors (Lipinski definition) is 5. The lowest BCUT2D eigenvalue weighted by Gasteiger charge is -2.18. The van der Waals surface area contributed by atoms with Gasteiger partial charge in [-0.25, -0.2) is 13.1 Å². The Morgan fingerprint density at radius 3 is 2.48 bits per heavy atom. The number of carbonyl (C=O) groups is 1. The Morgan fingerprint density at radius 1 is 1.30 bits per heavy atom. The molecule has 1 aromatic carbocycles. The average Bonchev–Trinajstić information content (AvgIpc) is 2.88. The third-order valence-electron chi connectivity index (χ3n) is 4.25. The number of aryl methyl sites for hydroxylation is 2. The molecule has 126 valence electrons. The standard InChI is InChI=1S/C14H19N3O5S/c1-8-6-12(17(19)20)13(7-9(8)2)23(21,22)16-11-5-3-4-10(11)14(15)18/h6-7,10-11,16H,3-5H2,1-2H3,(H2,15,18)/t10-,11+/m1/s1. The van der Waals surface area contributed by atoms with Crippen LogP contribution in [0.1, 0.15) is 30.4 Å². The molecule has 9 heteroatoms. The molecule has 1 amide bonds. The summed E-state index contributed by atoms with van der Waals surface area (Å²) in [6, 6.07) is 1.90. The zero-order chi connectivity index (χ0) is 17.4. The molecule has 0 bridgehead atoms. The highest BCUT2D eigenvalue weighted by atomic mass is 32.2. The van der Waals surface area contributed by atoms with Gasteiger partial charge in [-0.15, -0.1) is 0 Å². The second-order valence-corrected chi connectivity index (χ2v) is 7.51. The van der Waals surface area contributed by atoms with E-state index in [9.17, 15) is 23.3 Å². The predicted octanol–water partition coefficient (Wildman–Crippen LogP) is 1.14. The normalized spacial score (nSPS) is 21.3. The fourth-order valence-electron chi connectivity index (χ4n) is 2.84. The number of nitro groups is 1. The molecule has 2 rings (SSSR count). The smallest absolute Gasteiger partial charge is 0.289 e. The van der Waals surface area contributed by atoms with Gasteiger partial charge in [0.2, 0.25) is 15.9 Å². The summed E-state index contributed by atoms with van der Waals surface area (Å²) in [5, 5.41) is 11.2. The van der Waals surface area contributed by atoms with E-state index in [4.69, 9.17) is 5.73 Å². The van der Waals surface area contributed by atoms with E-state index in [0.717, 1.165) is 0 Å². The lowest BCUT2D eigenvalue weighted by atomic mass is 10.0. The summed E-state index contributed by atoms with van der Waals surface area (Å²) in [5.41, 5.74) is 6.07. The van der Waals surface area contributed by atoms with E-state index >= 15 is 0 Å². The minimum absolute atomic E-state index is 0.388. The van der Waals surface area contributed by atoms with Crippen molar-refractivity contribution in [3.8, 4) is 0 Å². The quantitative estimate of drug-likeness (QED) is 0.612. The highest BCUT2D eigenvalue weighted by Gasteiger charge is 2.36. The maximum atomic E-state index is 12.6. The van der Waals surface area contributed by atoms with Crippen molar-refractivity contribution in [1.29, 1.82) is 0 Å². The molecule has 0 heterocycles. The average molecular weight is 341 g/mol. The van der Waals surface area contributed by atoms with Gasteiger partial charge in [0, 0.05) is 12.1 Å². The Labute approximate surface area is 134 Å². The molecule has 0 radical (unpaired) electrons. The summed E-state index contributed by atoms with van der Waals surface area (Å²) in [6.07, 6.45) is 1.67. The van der Waals surface area contributed by atoms with Crippen LogP contribution in [0.3, 0.4) is 0 Å². The number of primary amides is 1. The highest BCUT2D eigenvalue weighted by Crippen LogP contribution is 2.30. The van der Waals surface area contributed by atoms with Crippen molar-refractivity contribution in [3.63, 3.8) is 0 Å². The van der Waals surface area contributed by atoms with Gasteiger partial charge in [0.15, 0.2) is 4.90 Å². The maximum absolute atomic E-state index is 12.6. The first-order valence-electron chi connectivity index (χ1n) is 7.21. The van der Waals surface area contributed by atoms with Crippen molar-refractivity contribution in [2.24, 2.45) is 11.7 Å². The van der Waals surface area contributed by atoms with Gasteiger partial charge in [-0.05, 0) is 43.9 Å². The van der Waals surface area contributed by atoms with E-state index < -0.39 is 38.5 Å². The molecule has 3 N–H and O–H groups in total. The Morgan fingerprint density at radius 2 is 1.91 bits per heavy atom. The fourth-order valence-corrected chi connectivity index (χ4v) is 4.39. The Bertz CT molecular complexity index is 760. The number of benzene rings is 1. The maximum Gasteiger partial charge on any atom is 0.289 e. The van der Waals surface area contributed by atoms with E-state index in [1.54, 1.807) is 13.8 Å². The van der Waals surface area contributed by atoms with Gasteiger partial charge in [0.1, 0.15) is 0 Å². The zero-order valence-electron chi connectivity index (χ0n) is 12.9. The van der Waals surface area contributed by atoms with E-state index in [-0.39, 0.29) is 4.90 Å². The molecule has 1 saturated carbocycles. The first-order valence-corrected chi connectivity index (χ1v) is 8.69. The first-order chi connectivity index (χ1) is 10.6. The molecule has 0 unspecified atom stereocenters. The number of carbonyl (C=O) groups excluding carboxylic acids is 1. The number of nitrogens with two attached hydrogens (primary N) is 1. The second kappa shape index (κ2) is 6.25. The topological polar surface area (TPSA) is 132 Å². The fraction of sp³-hybridized carbons (Fsp3) is 0.500. The van der Waals surface area contributed by atoms with Crippen LogP contribution in [0.2, 0.25) is 0 Å². The second-order valence-electron chi connectivity index (χ2n) is 5.83. The number of nitro benzene ring substituents is 1. The summed E-state index contributed by atoms with van der Waals surface area (Å²) >= 11 is 0. The first kappa shape index (κ1) is 17.4. The third-order valence-corrected chi connectivity index (χ3v) is 5.77. The van der Waals surface area contributed by atoms with E-state index in [0.29, 0.717) is 30.4 Å². The summed E-state index contributed by atoms with van der Waals surface area (Å²) in [5.74, 6) is -1.15. The van der Waals surface area contributed by atoms with E-state index in [2.05, 4.69) is 4.72 Å². The molecule has 1 aromatic rings. The van der Waals surface area contributed by atoms with Gasteiger partial charge in [-0.1, -0.05) is 6.42 Å². The van der Waals surface area contributed by atoms with Crippen molar-refractivity contribution in [2.45, 2.75) is 44.0 Å². The minimum atomic E-state index is -4.12. The predicted molar refractivity (Wildman–Crippen MR) is 83.2 cm³/mol. The summed E-state index contributed by atoms with van der Waals surface area (Å²) in [6.45, 7) is 3.35. The molecule has 1 aliphatic rings. The van der Waals surface area contributed by atoms with Crippen molar-refractivity contribution in [2.75, 3.05) is 0 Å². The zero-order valence-corrected chi connectivity index (χ0v) is 13.7. The summed E-state index contributed by atoms with van der Waals surface area (Å²) < 4.78 is 27.6. The van der Waals surface area contributed by atoms with Gasteiger partial charge in [-0.3, -0.25) is 14.9 Å². The molecular weight excluding hydrogens is 322 g/mol. The van der Waals surface area contributed by atoms with Gasteiger partial charge < -0.3 is 5.73 Å². The van der Waals surface area contributed by atoms with Crippen LogP contribution in [0.5, 0.6) is 0 Å². The van der Waals surface area contributed by atoms with E-state index in [1.807, 2.05) is 0 Å². The number of hydrogen-bond donors (Lipinski definition) is 2. The Kier molecular flexibility index (Phi) is 4.71. The lowest BCUT2D eigenvalue weighted by Crippen LogP contribution is -2.42. The molecule has 1 aliphatic carbocycles. The molecule has 0 saturated heterocycles. The van der Waals surface area contributed by atoms with Crippen molar-refractivity contribution in [3.05, 3.63) is 33.4 Å². The summed E-state index contributed by atoms with van der Waals surface area (Å²) in [7, 11) is -4.12. The monoisotopic (exact) mass is 341 g/mol. The van der Waals surface area contributed by atoms with Crippen LogP contribution < -0.4 is 10.5 Å². The van der Waals surface area contributed by atoms with Crippen LogP contribution in [0.15, 0.2) is 17.0 Å². The summed E-state index contributed by atoms with van der Waals surface area (Å²) in [4.78, 5) is 21.5. The largest absolute Gasteiger partial charge is 0.369 e. The molecule has 0 spiro atoms. The van der Waals surface area contributed by atoms with Gasteiger partial charge in [0.25, 0.3) is 5.69 Å². The van der Waals surface area contributed by atoms with Crippen LogP contribution in [0, 0.1) is 29.9 Å². The molecular formula is C14H19N3O5S. The molecule has 23 heavy (non-hydrogen) atoms. The number of sulfonamides is 1. The van der Waals surface area contributed by atoms with Crippen molar-refractivity contribution in [1.82, 2.24) is 4.72 Å². The number of nitrogens with one attached hydrogen (secondary N) is 1. The Balaban J connectivity index is 2.42. The highest BCUT2D eigenvalue weighted by molar-refractivity contribution is 7.89. The SMILES string of the molecule is Cc1cc([N+](=O)[O-])c(S(=O)(=O)N[C@H]2CCC[C@H]2C(N)=O)cc1C. The third kappa shape index (κ3) is 3.50. The van der Waals surface area contributed by atoms with Crippen LogP contribution >= 0.6 is 0 Å². The molecule has 0 aliphatic heterocycles. The molecule has 1 fully saturated rings. The van der Waals surface area contributed by atoms with E-state index in [1.165, 1.54) is 12.1 Å². The number of amides is 1. The molecule has 0 aromatic heterocycles. The number of nitrogens with zero attached hydrogens (tertiary/aromatic N) is 1. The van der Waals surface area contributed by atoms with Crippen LogP contribution in [0.4, 0.5) is 5.69 Å². The Hall–Kier alpha value is -2.00. The van der Waals surface area contributed by atoms with Crippen molar-refractivity contribution < 1.29 is 18.1 Å². The number of rotatable bonds is 5. The van der Waals surface area contributed by atoms with Gasteiger partial charge in [0.05, 0.1) is 10.8 Å². The van der Waals surface area contributed by atoms with Crippen LogP contribution in [-0.4, -0.2) is 25.3 Å². The van der Waals surface area contributed by atoms with Gasteiger partial charge >= 0.3 is 0 Å². The van der Waals surface area contributed by atoms with Crippen LogP contribution in [0.25, 0.3) is 0 Å². The van der Waals surface area contributed by atoms with Crippen LogP contribution in [-0.2, 0) is 14.8 Å². The minimum Gasteiger partial charge on any atom is -0.369 e. The molecule has 8 nitrogen and oxygen atoms in total. The molecule has 2 atom stereocenters. The lowest BCUT2D eigenvalue weighted by molar-refractivity contribution is -0.387.